The second kappa shape index (κ2) is 8.11. The minimum absolute atomic E-state index is 0.103. The lowest BCUT2D eigenvalue weighted by atomic mass is 10.1. The Kier molecular flexibility index (Phi) is 6.45. The van der Waals surface area contributed by atoms with Crippen LogP contribution in [-0.4, -0.2) is 11.7 Å². The zero-order valence-electron chi connectivity index (χ0n) is 11.8. The van der Waals surface area contributed by atoms with Gasteiger partial charge in [0.05, 0.1) is 21.8 Å². The molecule has 6 heteroatoms. The van der Waals surface area contributed by atoms with E-state index in [4.69, 9.17) is 34.8 Å². The SMILES string of the molecule is C[C@H](NC(=O)CSc1c(Cl)cccc1Cl)c1ccccc1Cl. The minimum Gasteiger partial charge on any atom is -0.349 e. The number of halogens is 3. The van der Waals surface area contributed by atoms with Crippen molar-refractivity contribution in [1.29, 1.82) is 0 Å². The highest BCUT2D eigenvalue weighted by molar-refractivity contribution is 8.00. The summed E-state index contributed by atoms with van der Waals surface area (Å²) in [4.78, 5) is 12.8. The van der Waals surface area contributed by atoms with Crippen molar-refractivity contribution < 1.29 is 4.79 Å². The second-order valence-electron chi connectivity index (χ2n) is 4.65. The van der Waals surface area contributed by atoms with Crippen molar-refractivity contribution in [3.8, 4) is 0 Å². The second-order valence-corrected chi connectivity index (χ2v) is 6.86. The van der Waals surface area contributed by atoms with Crippen molar-refractivity contribution in [2.75, 3.05) is 5.75 Å². The number of hydrogen-bond donors (Lipinski definition) is 1. The third-order valence-electron chi connectivity index (χ3n) is 3.02. The monoisotopic (exact) mass is 373 g/mol. The first kappa shape index (κ1) is 17.5. The molecule has 2 rings (SSSR count). The van der Waals surface area contributed by atoms with Gasteiger partial charge in [0.15, 0.2) is 0 Å². The van der Waals surface area contributed by atoms with E-state index in [1.807, 2.05) is 25.1 Å². The molecule has 22 heavy (non-hydrogen) atoms. The zero-order chi connectivity index (χ0) is 16.1. The molecule has 116 valence electrons. The lowest BCUT2D eigenvalue weighted by Crippen LogP contribution is -2.28. The van der Waals surface area contributed by atoms with E-state index in [0.29, 0.717) is 20.0 Å². The van der Waals surface area contributed by atoms with E-state index in [-0.39, 0.29) is 17.7 Å². The van der Waals surface area contributed by atoms with Crippen LogP contribution < -0.4 is 5.32 Å². The molecule has 0 aliphatic carbocycles. The Hall–Kier alpha value is -0.870. The molecule has 0 spiro atoms. The van der Waals surface area contributed by atoms with E-state index in [0.717, 1.165) is 5.56 Å². The van der Waals surface area contributed by atoms with Gasteiger partial charge in [0.1, 0.15) is 0 Å². The third-order valence-corrected chi connectivity index (χ3v) is 5.35. The van der Waals surface area contributed by atoms with Gasteiger partial charge in [0.2, 0.25) is 5.91 Å². The van der Waals surface area contributed by atoms with Crippen LogP contribution in [0.25, 0.3) is 0 Å². The van der Waals surface area contributed by atoms with Crippen molar-refractivity contribution in [3.05, 3.63) is 63.1 Å². The summed E-state index contributed by atoms with van der Waals surface area (Å²) in [7, 11) is 0. The van der Waals surface area contributed by atoms with Gasteiger partial charge in [-0.3, -0.25) is 4.79 Å². The number of rotatable bonds is 5. The summed E-state index contributed by atoms with van der Waals surface area (Å²) in [5, 5.41) is 4.64. The molecule has 0 radical (unpaired) electrons. The lowest BCUT2D eigenvalue weighted by molar-refractivity contribution is -0.119. The molecule has 2 aromatic carbocycles. The van der Waals surface area contributed by atoms with E-state index in [1.54, 1.807) is 24.3 Å². The summed E-state index contributed by atoms with van der Waals surface area (Å²) in [6, 6.07) is 12.6. The van der Waals surface area contributed by atoms with Gasteiger partial charge in [-0.05, 0) is 30.7 Å². The third kappa shape index (κ3) is 4.56. The highest BCUT2D eigenvalue weighted by atomic mass is 35.5. The molecule has 1 atom stereocenters. The fraction of sp³-hybridized carbons (Fsp3) is 0.188. The number of hydrogen-bond acceptors (Lipinski definition) is 2. The van der Waals surface area contributed by atoms with Gasteiger partial charge in [-0.15, -0.1) is 11.8 Å². The van der Waals surface area contributed by atoms with Crippen LogP contribution in [0.4, 0.5) is 0 Å². The molecule has 1 amide bonds. The van der Waals surface area contributed by atoms with Crippen molar-refractivity contribution >= 4 is 52.5 Å². The average molecular weight is 375 g/mol. The maximum absolute atomic E-state index is 12.1. The van der Waals surface area contributed by atoms with Crippen LogP contribution in [0, 0.1) is 0 Å². The Morgan fingerprint density at radius 2 is 1.64 bits per heavy atom. The van der Waals surface area contributed by atoms with Crippen molar-refractivity contribution in [2.45, 2.75) is 17.9 Å². The minimum atomic E-state index is -0.163. The standard InChI is InChI=1S/C16H14Cl3NOS/c1-10(11-5-2-3-6-12(11)17)20-15(21)9-22-16-13(18)7-4-8-14(16)19/h2-8,10H,9H2,1H3,(H,20,21)/t10-/m0/s1. The number of benzene rings is 2. The van der Waals surface area contributed by atoms with Gasteiger partial charge in [0.25, 0.3) is 0 Å². The highest BCUT2D eigenvalue weighted by Crippen LogP contribution is 2.33. The summed E-state index contributed by atoms with van der Waals surface area (Å²) in [6.45, 7) is 1.90. The number of carbonyl (C=O) groups is 1. The van der Waals surface area contributed by atoms with Gasteiger partial charge in [0, 0.05) is 9.92 Å². The van der Waals surface area contributed by atoms with Crippen LogP contribution in [0.1, 0.15) is 18.5 Å². The first-order chi connectivity index (χ1) is 10.5. The molecule has 0 saturated heterocycles. The van der Waals surface area contributed by atoms with Gasteiger partial charge >= 0.3 is 0 Å². The maximum atomic E-state index is 12.1. The molecule has 0 heterocycles. The quantitative estimate of drug-likeness (QED) is 0.688. The summed E-state index contributed by atoms with van der Waals surface area (Å²) in [6.07, 6.45) is 0. The Balaban J connectivity index is 1.95. The molecular formula is C16H14Cl3NOS. The zero-order valence-corrected chi connectivity index (χ0v) is 14.9. The van der Waals surface area contributed by atoms with Crippen LogP contribution in [0.15, 0.2) is 47.4 Å². The summed E-state index contributed by atoms with van der Waals surface area (Å²) in [5.41, 5.74) is 0.887. The number of thioether (sulfide) groups is 1. The van der Waals surface area contributed by atoms with E-state index in [1.165, 1.54) is 11.8 Å². The predicted molar refractivity (Wildman–Crippen MR) is 95.2 cm³/mol. The molecular weight excluding hydrogens is 361 g/mol. The maximum Gasteiger partial charge on any atom is 0.230 e. The van der Waals surface area contributed by atoms with Crippen molar-refractivity contribution in [3.63, 3.8) is 0 Å². The van der Waals surface area contributed by atoms with Crippen LogP contribution >= 0.6 is 46.6 Å². The number of carbonyl (C=O) groups excluding carboxylic acids is 1. The molecule has 0 aliphatic rings. The molecule has 1 N–H and O–H groups in total. The van der Waals surface area contributed by atoms with E-state index in [2.05, 4.69) is 5.32 Å². The Morgan fingerprint density at radius 3 is 2.27 bits per heavy atom. The Labute approximate surface area is 149 Å². The van der Waals surface area contributed by atoms with Crippen LogP contribution in [0.2, 0.25) is 15.1 Å². The molecule has 0 fully saturated rings. The largest absolute Gasteiger partial charge is 0.349 e. The number of amides is 1. The van der Waals surface area contributed by atoms with Crippen molar-refractivity contribution in [1.82, 2.24) is 5.32 Å². The molecule has 0 unspecified atom stereocenters. The predicted octanol–water partition coefficient (Wildman–Crippen LogP) is 5.62. The van der Waals surface area contributed by atoms with Crippen LogP contribution in [-0.2, 0) is 4.79 Å². The lowest BCUT2D eigenvalue weighted by Gasteiger charge is -2.15. The molecule has 2 aromatic rings. The molecule has 0 saturated carbocycles. The summed E-state index contributed by atoms with van der Waals surface area (Å²) in [5.74, 6) is 0.131. The topological polar surface area (TPSA) is 29.1 Å². The Bertz CT molecular complexity index is 658. The van der Waals surface area contributed by atoms with E-state index < -0.39 is 0 Å². The van der Waals surface area contributed by atoms with Crippen LogP contribution in [0.3, 0.4) is 0 Å². The first-order valence-electron chi connectivity index (χ1n) is 6.59. The van der Waals surface area contributed by atoms with Crippen LogP contribution in [0.5, 0.6) is 0 Å². The smallest absolute Gasteiger partial charge is 0.230 e. The van der Waals surface area contributed by atoms with E-state index in [9.17, 15) is 4.79 Å². The fourth-order valence-corrected chi connectivity index (χ4v) is 3.74. The van der Waals surface area contributed by atoms with E-state index >= 15 is 0 Å². The fourth-order valence-electron chi connectivity index (χ4n) is 1.95. The molecule has 0 aliphatic heterocycles. The number of nitrogens with one attached hydrogen (secondary N) is 1. The average Bonchev–Trinajstić information content (AvgIpc) is 2.47. The molecule has 0 aromatic heterocycles. The van der Waals surface area contributed by atoms with Gasteiger partial charge in [-0.1, -0.05) is 59.1 Å². The first-order valence-corrected chi connectivity index (χ1v) is 8.71. The normalized spacial score (nSPS) is 12.0. The molecule has 2 nitrogen and oxygen atoms in total. The van der Waals surface area contributed by atoms with Gasteiger partial charge < -0.3 is 5.32 Å². The summed E-state index contributed by atoms with van der Waals surface area (Å²) >= 11 is 19.6. The summed E-state index contributed by atoms with van der Waals surface area (Å²) < 4.78 is 0. The highest BCUT2D eigenvalue weighted by Gasteiger charge is 2.14. The Morgan fingerprint density at radius 1 is 1.05 bits per heavy atom. The molecule has 0 bridgehead atoms. The van der Waals surface area contributed by atoms with Crippen molar-refractivity contribution in [2.24, 2.45) is 0 Å². The van der Waals surface area contributed by atoms with Gasteiger partial charge in [-0.25, -0.2) is 0 Å². The van der Waals surface area contributed by atoms with Gasteiger partial charge in [-0.2, -0.15) is 0 Å².